The van der Waals surface area contributed by atoms with Gasteiger partial charge in [0.15, 0.2) is 0 Å². The minimum absolute atomic E-state index is 0.0728. The van der Waals surface area contributed by atoms with Gasteiger partial charge in [0.05, 0.1) is 5.02 Å². The molecule has 0 spiro atoms. The van der Waals surface area contributed by atoms with Crippen LogP contribution in [0.4, 0.5) is 13.2 Å². The summed E-state index contributed by atoms with van der Waals surface area (Å²) in [6.45, 7) is -1.51. The summed E-state index contributed by atoms with van der Waals surface area (Å²) >= 11 is 14.3. The molecule has 0 bridgehead atoms. The minimum atomic E-state index is -4.47. The molecule has 0 saturated carbocycles. The molecule has 106 valence electrons. The summed E-state index contributed by atoms with van der Waals surface area (Å²) < 4.78 is 37.6. The smallest absolute Gasteiger partial charge is 0.328 e. The van der Waals surface area contributed by atoms with Crippen molar-refractivity contribution < 1.29 is 18.0 Å². The number of nitrogens with zero attached hydrogens (tertiary/aromatic N) is 1. The maximum atomic E-state index is 12.4. The second kappa shape index (κ2) is 6.81. The van der Waals surface area contributed by atoms with Gasteiger partial charge in [-0.3, -0.25) is 4.79 Å². The lowest BCUT2D eigenvalue weighted by molar-refractivity contribution is -0.140. The molecule has 1 rings (SSSR count). The van der Waals surface area contributed by atoms with E-state index < -0.39 is 18.6 Å². The highest BCUT2D eigenvalue weighted by Crippen LogP contribution is 2.25. The first-order valence-corrected chi connectivity index (χ1v) is 6.82. The first-order chi connectivity index (χ1) is 8.74. The molecule has 0 N–H and O–H groups in total. The van der Waals surface area contributed by atoms with Gasteiger partial charge < -0.3 is 4.90 Å². The van der Waals surface area contributed by atoms with E-state index in [4.69, 9.17) is 23.2 Å². The van der Waals surface area contributed by atoms with Crippen LogP contribution in [-0.2, 0) is 0 Å². The first kappa shape index (κ1) is 16.6. The lowest BCUT2D eigenvalue weighted by atomic mass is 10.2. The zero-order valence-electron chi connectivity index (χ0n) is 9.48. The molecule has 0 aliphatic heterocycles. The number of halogens is 6. The molecule has 1 amide bonds. The molecule has 2 nitrogen and oxygen atoms in total. The Labute approximate surface area is 126 Å². The predicted octanol–water partition coefficient (Wildman–Crippen LogP) is 4.35. The summed E-state index contributed by atoms with van der Waals surface area (Å²) in [6, 6.07) is 4.18. The van der Waals surface area contributed by atoms with Gasteiger partial charge in [0, 0.05) is 22.5 Å². The number of carbonyl (C=O) groups is 1. The monoisotopic (exact) mass is 377 g/mol. The summed E-state index contributed by atoms with van der Waals surface area (Å²) in [5, 5.41) is 0.372. The number of carbonyl (C=O) groups excluding carboxylic acids is 1. The minimum Gasteiger partial charge on any atom is -0.328 e. The van der Waals surface area contributed by atoms with Crippen LogP contribution in [0.3, 0.4) is 0 Å². The molecule has 0 fully saturated rings. The van der Waals surface area contributed by atoms with Gasteiger partial charge in [-0.15, -0.1) is 11.6 Å². The number of hydrogen-bond donors (Lipinski definition) is 0. The van der Waals surface area contributed by atoms with Crippen LogP contribution in [0.25, 0.3) is 0 Å². The second-order valence-corrected chi connectivity index (χ2v) is 5.30. The van der Waals surface area contributed by atoms with E-state index >= 15 is 0 Å². The Bertz CT molecular complexity index is 468. The van der Waals surface area contributed by atoms with Crippen molar-refractivity contribution in [2.75, 3.05) is 19.0 Å². The van der Waals surface area contributed by atoms with Crippen LogP contribution < -0.4 is 0 Å². The number of rotatable bonds is 4. The zero-order chi connectivity index (χ0) is 14.6. The zero-order valence-corrected chi connectivity index (χ0v) is 12.6. The lowest BCUT2D eigenvalue weighted by Gasteiger charge is -2.23. The fraction of sp³-hybridized carbons (Fsp3) is 0.364. The Morgan fingerprint density at radius 3 is 2.47 bits per heavy atom. The molecule has 8 heteroatoms. The van der Waals surface area contributed by atoms with Crippen molar-refractivity contribution in [3.8, 4) is 0 Å². The van der Waals surface area contributed by atoms with Crippen LogP contribution in [0.15, 0.2) is 22.7 Å². The summed E-state index contributed by atoms with van der Waals surface area (Å²) in [4.78, 5) is 12.6. The Kier molecular flexibility index (Phi) is 5.95. The maximum Gasteiger partial charge on any atom is 0.406 e. The molecule has 19 heavy (non-hydrogen) atoms. The van der Waals surface area contributed by atoms with Crippen molar-refractivity contribution >= 4 is 45.0 Å². The highest BCUT2D eigenvalue weighted by molar-refractivity contribution is 9.10. The molecule has 0 unspecified atom stereocenters. The van der Waals surface area contributed by atoms with Gasteiger partial charge in [-0.25, -0.2) is 0 Å². The third-order valence-electron chi connectivity index (χ3n) is 2.18. The highest BCUT2D eigenvalue weighted by atomic mass is 79.9. The van der Waals surface area contributed by atoms with Crippen LogP contribution in [0.1, 0.15) is 10.4 Å². The Morgan fingerprint density at radius 2 is 2.00 bits per heavy atom. The largest absolute Gasteiger partial charge is 0.406 e. The molecule has 0 saturated heterocycles. The van der Waals surface area contributed by atoms with E-state index in [2.05, 4.69) is 15.9 Å². The fourth-order valence-corrected chi connectivity index (χ4v) is 2.08. The lowest BCUT2D eigenvalue weighted by Crippen LogP contribution is -2.40. The summed E-state index contributed by atoms with van der Waals surface area (Å²) in [6.07, 6.45) is -4.47. The van der Waals surface area contributed by atoms with E-state index in [-0.39, 0.29) is 18.0 Å². The van der Waals surface area contributed by atoms with Gasteiger partial charge in [-0.05, 0) is 34.1 Å². The van der Waals surface area contributed by atoms with Crippen molar-refractivity contribution in [3.05, 3.63) is 33.3 Å². The van der Waals surface area contributed by atoms with E-state index in [1.165, 1.54) is 18.2 Å². The van der Waals surface area contributed by atoms with E-state index in [0.717, 1.165) is 0 Å². The van der Waals surface area contributed by atoms with Crippen LogP contribution in [0.5, 0.6) is 0 Å². The maximum absolute atomic E-state index is 12.4. The molecule has 0 heterocycles. The molecular weight excluding hydrogens is 370 g/mol. The number of hydrogen-bond acceptors (Lipinski definition) is 1. The molecule has 1 aromatic rings. The average Bonchev–Trinajstić information content (AvgIpc) is 2.29. The molecule has 0 radical (unpaired) electrons. The number of benzene rings is 1. The van der Waals surface area contributed by atoms with Crippen molar-refractivity contribution in [2.45, 2.75) is 6.18 Å². The third-order valence-corrected chi connectivity index (χ3v) is 3.56. The molecular formula is C11H9BrCl2F3NO. The van der Waals surface area contributed by atoms with E-state index in [0.29, 0.717) is 14.4 Å². The second-order valence-electron chi connectivity index (χ2n) is 3.66. The number of amides is 1. The Morgan fingerprint density at radius 1 is 1.37 bits per heavy atom. The van der Waals surface area contributed by atoms with Gasteiger partial charge in [0.1, 0.15) is 6.54 Å². The fourth-order valence-electron chi connectivity index (χ4n) is 1.38. The molecule has 0 aliphatic carbocycles. The van der Waals surface area contributed by atoms with Crippen LogP contribution >= 0.6 is 39.1 Å². The van der Waals surface area contributed by atoms with Gasteiger partial charge in [-0.1, -0.05) is 11.6 Å². The van der Waals surface area contributed by atoms with Crippen molar-refractivity contribution in [3.63, 3.8) is 0 Å². The normalized spacial score (nSPS) is 11.5. The van der Waals surface area contributed by atoms with Crippen molar-refractivity contribution in [1.29, 1.82) is 0 Å². The molecule has 0 atom stereocenters. The van der Waals surface area contributed by atoms with Crippen LogP contribution in [-0.4, -0.2) is 36.0 Å². The number of alkyl halides is 4. The topological polar surface area (TPSA) is 20.3 Å². The van der Waals surface area contributed by atoms with Crippen LogP contribution in [0, 0.1) is 0 Å². The SMILES string of the molecule is O=C(c1ccc(Cl)c(Br)c1)N(CCCl)CC(F)(F)F. The Hall–Kier alpha value is -0.460. The summed E-state index contributed by atoms with van der Waals surface area (Å²) in [5.74, 6) is -0.813. The van der Waals surface area contributed by atoms with Gasteiger partial charge >= 0.3 is 6.18 Å². The van der Waals surface area contributed by atoms with Crippen LogP contribution in [0.2, 0.25) is 5.02 Å². The quantitative estimate of drug-likeness (QED) is 0.713. The van der Waals surface area contributed by atoms with Gasteiger partial charge in [0.25, 0.3) is 5.91 Å². The average molecular weight is 379 g/mol. The van der Waals surface area contributed by atoms with Gasteiger partial charge in [-0.2, -0.15) is 13.2 Å². The summed E-state index contributed by atoms with van der Waals surface area (Å²) in [5.41, 5.74) is 0.116. The first-order valence-electron chi connectivity index (χ1n) is 5.11. The Balaban J connectivity index is 2.95. The third kappa shape index (κ3) is 5.20. The van der Waals surface area contributed by atoms with E-state index in [1.54, 1.807) is 0 Å². The van der Waals surface area contributed by atoms with E-state index in [9.17, 15) is 18.0 Å². The summed E-state index contributed by atoms with van der Waals surface area (Å²) in [7, 11) is 0. The molecule has 0 aliphatic rings. The molecule has 0 aromatic heterocycles. The predicted molar refractivity (Wildman–Crippen MR) is 71.8 cm³/mol. The van der Waals surface area contributed by atoms with Gasteiger partial charge in [0.2, 0.25) is 0 Å². The standard InChI is InChI=1S/C11H9BrCl2F3NO/c12-8-5-7(1-2-9(8)14)10(19)18(4-3-13)6-11(15,16)17/h1-2,5H,3-4,6H2. The van der Waals surface area contributed by atoms with E-state index in [1.807, 2.05) is 0 Å². The highest BCUT2D eigenvalue weighted by Gasteiger charge is 2.33. The molecule has 1 aromatic carbocycles. The van der Waals surface area contributed by atoms with Crippen molar-refractivity contribution in [1.82, 2.24) is 4.90 Å². The van der Waals surface area contributed by atoms with Crippen molar-refractivity contribution in [2.24, 2.45) is 0 Å².